The fourth-order valence-electron chi connectivity index (χ4n) is 4.58. The van der Waals surface area contributed by atoms with Gasteiger partial charge in [-0.15, -0.1) is 0 Å². The van der Waals surface area contributed by atoms with Crippen molar-refractivity contribution in [2.45, 2.75) is 0 Å². The second-order valence-corrected chi connectivity index (χ2v) is 9.77. The van der Waals surface area contributed by atoms with E-state index in [9.17, 15) is 0 Å². The number of halogens is 2. The molecule has 2 heteroatoms. The molecule has 0 nitrogen and oxygen atoms in total. The number of rotatable bonds is 2. The second-order valence-electron chi connectivity index (χ2n) is 8.06. The standard InChI is InChI=1S/C30H18Br2/c31-29-17-26-24-14-12-22(20-9-5-2-6-10-20)16-28(24)30(32)18-25(26)23-13-11-21(15-27(23)29)19-7-3-1-4-8-19/h1-18H. The lowest BCUT2D eigenvalue weighted by Gasteiger charge is -2.13. The van der Waals surface area contributed by atoms with Gasteiger partial charge in [0.25, 0.3) is 0 Å². The lowest BCUT2D eigenvalue weighted by atomic mass is 9.93. The summed E-state index contributed by atoms with van der Waals surface area (Å²) >= 11 is 7.74. The van der Waals surface area contributed by atoms with Gasteiger partial charge >= 0.3 is 0 Å². The van der Waals surface area contributed by atoms with Gasteiger partial charge in [0.2, 0.25) is 0 Å². The van der Waals surface area contributed by atoms with E-state index in [1.807, 2.05) is 0 Å². The molecule has 0 unspecified atom stereocenters. The van der Waals surface area contributed by atoms with E-state index in [-0.39, 0.29) is 0 Å². The van der Waals surface area contributed by atoms with Crippen molar-refractivity contribution in [1.29, 1.82) is 0 Å². The summed E-state index contributed by atoms with van der Waals surface area (Å²) in [6, 6.07) is 39.1. The van der Waals surface area contributed by atoms with Crippen molar-refractivity contribution in [2.75, 3.05) is 0 Å². The van der Waals surface area contributed by atoms with Crippen molar-refractivity contribution in [3.05, 3.63) is 118 Å². The van der Waals surface area contributed by atoms with E-state index in [0.29, 0.717) is 0 Å². The van der Waals surface area contributed by atoms with Gasteiger partial charge in [0.05, 0.1) is 0 Å². The molecule has 0 saturated carbocycles. The topological polar surface area (TPSA) is 0 Å². The average Bonchev–Trinajstić information content (AvgIpc) is 2.86. The van der Waals surface area contributed by atoms with Crippen LogP contribution in [0.15, 0.2) is 118 Å². The summed E-state index contributed by atoms with van der Waals surface area (Å²) in [5.74, 6) is 0. The van der Waals surface area contributed by atoms with E-state index in [1.54, 1.807) is 0 Å². The molecule has 0 aromatic heterocycles. The Kier molecular flexibility index (Phi) is 4.86. The van der Waals surface area contributed by atoms with Crippen molar-refractivity contribution in [2.24, 2.45) is 0 Å². The van der Waals surface area contributed by atoms with Crippen molar-refractivity contribution >= 4 is 64.2 Å². The highest BCUT2D eigenvalue weighted by molar-refractivity contribution is 9.11. The fourth-order valence-corrected chi connectivity index (χ4v) is 5.70. The molecule has 0 aliphatic rings. The van der Waals surface area contributed by atoms with Crippen LogP contribution in [0.3, 0.4) is 0 Å². The molecule has 152 valence electrons. The SMILES string of the molecule is Brc1cc2c3ccc(-c4ccccc4)cc3c(Br)cc2c2ccc(-c3ccccc3)cc12. The minimum atomic E-state index is 1.12. The molecule has 0 aliphatic carbocycles. The molecule has 0 heterocycles. The van der Waals surface area contributed by atoms with E-state index >= 15 is 0 Å². The third-order valence-corrected chi connectivity index (χ3v) is 7.49. The lowest BCUT2D eigenvalue weighted by molar-refractivity contribution is 1.64. The van der Waals surface area contributed by atoms with Gasteiger partial charge in [-0.2, -0.15) is 0 Å². The first-order valence-corrected chi connectivity index (χ1v) is 12.2. The Hall–Kier alpha value is -2.94. The molecule has 0 bridgehead atoms. The van der Waals surface area contributed by atoms with Crippen LogP contribution in [0.25, 0.3) is 54.6 Å². The number of benzene rings is 6. The van der Waals surface area contributed by atoms with Crippen molar-refractivity contribution < 1.29 is 0 Å². The molecular formula is C30H18Br2. The first-order chi connectivity index (χ1) is 15.7. The Balaban J connectivity index is 1.61. The van der Waals surface area contributed by atoms with Crippen molar-refractivity contribution in [3.8, 4) is 22.3 Å². The Morgan fingerprint density at radius 1 is 0.312 bits per heavy atom. The predicted octanol–water partition coefficient (Wildman–Crippen LogP) is 10.0. The minimum Gasteiger partial charge on any atom is -0.0622 e. The summed E-state index contributed by atoms with van der Waals surface area (Å²) in [4.78, 5) is 0. The Morgan fingerprint density at radius 3 is 1.12 bits per heavy atom. The molecule has 6 aromatic rings. The summed E-state index contributed by atoms with van der Waals surface area (Å²) in [6.45, 7) is 0. The van der Waals surface area contributed by atoms with Gasteiger partial charge in [-0.3, -0.25) is 0 Å². The zero-order valence-corrected chi connectivity index (χ0v) is 20.3. The summed E-state index contributed by atoms with van der Waals surface area (Å²) < 4.78 is 2.24. The Bertz CT molecular complexity index is 1490. The quantitative estimate of drug-likeness (QED) is 0.193. The van der Waals surface area contributed by atoms with Gasteiger partial charge in [0.1, 0.15) is 0 Å². The van der Waals surface area contributed by atoms with E-state index in [4.69, 9.17) is 0 Å². The van der Waals surface area contributed by atoms with Gasteiger partial charge < -0.3 is 0 Å². The highest BCUT2D eigenvalue weighted by Gasteiger charge is 2.12. The first kappa shape index (κ1) is 19.7. The summed E-state index contributed by atoms with van der Waals surface area (Å²) in [7, 11) is 0. The van der Waals surface area contributed by atoms with Gasteiger partial charge in [-0.1, -0.05) is 117 Å². The maximum absolute atomic E-state index is 3.87. The van der Waals surface area contributed by atoms with E-state index in [2.05, 4.69) is 141 Å². The number of hydrogen-bond donors (Lipinski definition) is 0. The fraction of sp³-hybridized carbons (Fsp3) is 0. The van der Waals surface area contributed by atoms with Crippen LogP contribution in [0, 0.1) is 0 Å². The molecule has 6 rings (SSSR count). The summed E-state index contributed by atoms with van der Waals surface area (Å²) in [5, 5.41) is 7.48. The van der Waals surface area contributed by atoms with E-state index in [0.717, 1.165) is 8.95 Å². The zero-order chi connectivity index (χ0) is 21.7. The number of fused-ring (bicyclic) bond motifs is 5. The summed E-state index contributed by atoms with van der Waals surface area (Å²) in [5.41, 5.74) is 4.92. The monoisotopic (exact) mass is 536 g/mol. The van der Waals surface area contributed by atoms with Crippen LogP contribution < -0.4 is 0 Å². The van der Waals surface area contributed by atoms with Gasteiger partial charge in [0, 0.05) is 8.95 Å². The van der Waals surface area contributed by atoms with Crippen molar-refractivity contribution in [1.82, 2.24) is 0 Å². The zero-order valence-electron chi connectivity index (χ0n) is 17.1. The van der Waals surface area contributed by atoms with Crippen molar-refractivity contribution in [3.63, 3.8) is 0 Å². The Labute approximate surface area is 203 Å². The van der Waals surface area contributed by atoms with Gasteiger partial charge in [-0.25, -0.2) is 0 Å². The molecule has 0 saturated heterocycles. The molecule has 0 spiro atoms. The van der Waals surface area contributed by atoms with Crippen LogP contribution in [0.4, 0.5) is 0 Å². The van der Waals surface area contributed by atoms with Crippen LogP contribution in [0.5, 0.6) is 0 Å². The molecule has 0 atom stereocenters. The molecule has 6 aromatic carbocycles. The van der Waals surface area contributed by atoms with E-state index in [1.165, 1.54) is 54.6 Å². The third kappa shape index (κ3) is 3.26. The van der Waals surface area contributed by atoms with Crippen LogP contribution in [-0.2, 0) is 0 Å². The Morgan fingerprint density at radius 2 is 0.719 bits per heavy atom. The maximum atomic E-state index is 3.87. The minimum absolute atomic E-state index is 1.12. The normalized spacial score (nSPS) is 11.4. The predicted molar refractivity (Wildman–Crippen MR) is 145 cm³/mol. The van der Waals surface area contributed by atoms with Crippen LogP contribution in [0.1, 0.15) is 0 Å². The van der Waals surface area contributed by atoms with Crippen LogP contribution in [-0.4, -0.2) is 0 Å². The largest absolute Gasteiger partial charge is 0.0622 e. The molecule has 0 N–H and O–H groups in total. The van der Waals surface area contributed by atoms with Crippen LogP contribution >= 0.6 is 31.9 Å². The highest BCUT2D eigenvalue weighted by Crippen LogP contribution is 2.41. The molecule has 0 amide bonds. The first-order valence-electron chi connectivity index (χ1n) is 10.6. The highest BCUT2D eigenvalue weighted by atomic mass is 79.9. The smallest absolute Gasteiger partial charge is 0.0260 e. The molecule has 32 heavy (non-hydrogen) atoms. The van der Waals surface area contributed by atoms with Crippen LogP contribution in [0.2, 0.25) is 0 Å². The molecule has 0 fully saturated rings. The average molecular weight is 538 g/mol. The van der Waals surface area contributed by atoms with E-state index < -0.39 is 0 Å². The lowest BCUT2D eigenvalue weighted by Crippen LogP contribution is -1.86. The molecule has 0 radical (unpaired) electrons. The summed E-state index contributed by atoms with van der Waals surface area (Å²) in [6.07, 6.45) is 0. The van der Waals surface area contributed by atoms with Gasteiger partial charge in [0.15, 0.2) is 0 Å². The maximum Gasteiger partial charge on any atom is 0.0260 e. The second kappa shape index (κ2) is 7.88. The van der Waals surface area contributed by atoms with Gasteiger partial charge in [-0.05, 0) is 78.8 Å². The number of hydrogen-bond acceptors (Lipinski definition) is 0. The third-order valence-electron chi connectivity index (χ3n) is 6.18. The molecular weight excluding hydrogens is 520 g/mol. The molecule has 0 aliphatic heterocycles.